The number of rotatable bonds is 3. The molecule has 1 amide bonds. The number of aromatic nitrogens is 2. The Morgan fingerprint density at radius 3 is 2.95 bits per heavy atom. The number of thiophene rings is 1. The molecule has 2 N–H and O–H groups in total. The summed E-state index contributed by atoms with van der Waals surface area (Å²) in [4.78, 5) is 15.9. The maximum atomic E-state index is 12.4. The molecule has 110 valence electrons. The number of hydrogen-bond donors (Lipinski definition) is 2. The van der Waals surface area contributed by atoms with Crippen LogP contribution in [0.25, 0.3) is 10.6 Å². The molecule has 1 atom stereocenters. The number of carbonyl (C=O) groups excluding carboxylic acids is 1. The lowest BCUT2D eigenvalue weighted by Gasteiger charge is -2.44. The minimum absolute atomic E-state index is 0.0622. The van der Waals surface area contributed by atoms with Crippen molar-refractivity contribution in [2.75, 3.05) is 19.6 Å². The molecule has 3 aliphatic heterocycles. The van der Waals surface area contributed by atoms with Crippen molar-refractivity contribution in [1.29, 1.82) is 0 Å². The zero-order chi connectivity index (χ0) is 14.2. The van der Waals surface area contributed by atoms with Crippen molar-refractivity contribution >= 4 is 17.2 Å². The molecule has 21 heavy (non-hydrogen) atoms. The van der Waals surface area contributed by atoms with E-state index in [0.717, 1.165) is 17.1 Å². The van der Waals surface area contributed by atoms with Crippen molar-refractivity contribution in [1.82, 2.24) is 20.4 Å². The Labute approximate surface area is 127 Å². The smallest absolute Gasteiger partial charge is 0.272 e. The van der Waals surface area contributed by atoms with Crippen molar-refractivity contribution in [3.8, 4) is 10.6 Å². The van der Waals surface area contributed by atoms with Crippen molar-refractivity contribution in [3.63, 3.8) is 0 Å². The monoisotopic (exact) mass is 302 g/mol. The van der Waals surface area contributed by atoms with Gasteiger partial charge in [0.2, 0.25) is 0 Å². The van der Waals surface area contributed by atoms with E-state index in [1.54, 1.807) is 11.3 Å². The topological polar surface area (TPSA) is 61.0 Å². The number of nitrogens with one attached hydrogen (secondary N) is 2. The van der Waals surface area contributed by atoms with E-state index in [9.17, 15) is 4.79 Å². The van der Waals surface area contributed by atoms with Crippen LogP contribution in [0.15, 0.2) is 23.6 Å². The molecule has 5 nitrogen and oxygen atoms in total. The molecule has 5 heterocycles. The summed E-state index contributed by atoms with van der Waals surface area (Å²) in [6, 6.07) is 6.13. The summed E-state index contributed by atoms with van der Waals surface area (Å²) in [5.74, 6) is 0.572. The highest BCUT2D eigenvalue weighted by atomic mass is 32.1. The normalized spacial score (nSPS) is 27.7. The molecule has 2 bridgehead atoms. The molecule has 1 unspecified atom stereocenters. The second-order valence-corrected chi connectivity index (χ2v) is 6.81. The Kier molecular flexibility index (Phi) is 3.27. The van der Waals surface area contributed by atoms with Crippen LogP contribution in [0.2, 0.25) is 0 Å². The molecule has 3 fully saturated rings. The fourth-order valence-electron chi connectivity index (χ4n) is 3.37. The molecule has 0 aliphatic carbocycles. The predicted octanol–water partition coefficient (Wildman–Crippen LogP) is 1.96. The molecule has 6 heteroatoms. The Hall–Kier alpha value is -1.66. The molecule has 0 spiro atoms. The predicted molar refractivity (Wildman–Crippen MR) is 82.3 cm³/mol. The number of fused-ring (bicyclic) bond motifs is 3. The van der Waals surface area contributed by atoms with Gasteiger partial charge in [-0.3, -0.25) is 9.89 Å². The van der Waals surface area contributed by atoms with Crippen molar-refractivity contribution < 1.29 is 4.79 Å². The number of aromatic amines is 1. The van der Waals surface area contributed by atoms with Crippen molar-refractivity contribution in [2.45, 2.75) is 18.9 Å². The summed E-state index contributed by atoms with van der Waals surface area (Å²) in [7, 11) is 0. The van der Waals surface area contributed by atoms with Gasteiger partial charge in [0.15, 0.2) is 5.69 Å². The molecule has 3 aliphatic rings. The first-order valence-electron chi connectivity index (χ1n) is 7.42. The summed E-state index contributed by atoms with van der Waals surface area (Å²) in [6.07, 6.45) is 2.40. The van der Waals surface area contributed by atoms with E-state index in [1.165, 1.54) is 25.9 Å². The van der Waals surface area contributed by atoms with Gasteiger partial charge in [0.1, 0.15) is 0 Å². The molecule has 0 radical (unpaired) electrons. The SMILES string of the molecule is O=C(NC1CN2CCC1CC2)c1cc(-c2cccs2)[nH]n1. The van der Waals surface area contributed by atoms with E-state index in [0.29, 0.717) is 11.6 Å². The summed E-state index contributed by atoms with van der Waals surface area (Å²) >= 11 is 1.64. The first-order valence-corrected chi connectivity index (χ1v) is 8.30. The van der Waals surface area contributed by atoms with E-state index in [-0.39, 0.29) is 11.9 Å². The lowest BCUT2D eigenvalue weighted by Crippen LogP contribution is -2.57. The molecule has 3 saturated heterocycles. The van der Waals surface area contributed by atoms with Crippen LogP contribution in [-0.2, 0) is 0 Å². The van der Waals surface area contributed by atoms with Crippen molar-refractivity contribution in [2.24, 2.45) is 5.92 Å². The fraction of sp³-hybridized carbons (Fsp3) is 0.467. The van der Waals surface area contributed by atoms with Crippen LogP contribution in [0.5, 0.6) is 0 Å². The van der Waals surface area contributed by atoms with Crippen LogP contribution in [0, 0.1) is 5.92 Å². The average molecular weight is 302 g/mol. The standard InChI is InChI=1S/C15H18N4OS/c20-15(16-13-9-19-5-3-10(13)4-6-19)12-8-11(17-18-12)14-2-1-7-21-14/h1-2,7-8,10,13H,3-6,9H2,(H,16,20)(H,17,18). The van der Waals surface area contributed by atoms with Gasteiger partial charge in [-0.25, -0.2) is 0 Å². The molecule has 2 aromatic rings. The molecule has 2 aromatic heterocycles. The zero-order valence-electron chi connectivity index (χ0n) is 11.7. The molecule has 0 aromatic carbocycles. The minimum Gasteiger partial charge on any atom is -0.346 e. The van der Waals surface area contributed by atoms with Gasteiger partial charge < -0.3 is 10.2 Å². The van der Waals surface area contributed by atoms with Gasteiger partial charge in [0, 0.05) is 12.6 Å². The third-order valence-electron chi connectivity index (χ3n) is 4.57. The highest BCUT2D eigenvalue weighted by Gasteiger charge is 2.35. The number of nitrogens with zero attached hydrogens (tertiary/aromatic N) is 2. The van der Waals surface area contributed by atoms with Crippen LogP contribution in [0.3, 0.4) is 0 Å². The van der Waals surface area contributed by atoms with Crippen LogP contribution >= 0.6 is 11.3 Å². The first-order chi connectivity index (χ1) is 10.3. The summed E-state index contributed by atoms with van der Waals surface area (Å²) in [6.45, 7) is 3.35. The van der Waals surface area contributed by atoms with Crippen LogP contribution < -0.4 is 5.32 Å². The van der Waals surface area contributed by atoms with Gasteiger partial charge in [-0.05, 0) is 49.4 Å². The van der Waals surface area contributed by atoms with E-state index < -0.39 is 0 Å². The minimum atomic E-state index is -0.0622. The first kappa shape index (κ1) is 13.0. The van der Waals surface area contributed by atoms with Gasteiger partial charge >= 0.3 is 0 Å². The Morgan fingerprint density at radius 1 is 1.43 bits per heavy atom. The van der Waals surface area contributed by atoms with Gasteiger partial charge in [-0.15, -0.1) is 11.3 Å². The summed E-state index contributed by atoms with van der Waals surface area (Å²) in [5, 5.41) is 12.3. The highest BCUT2D eigenvalue weighted by Crippen LogP contribution is 2.28. The van der Waals surface area contributed by atoms with Crippen LogP contribution in [0.1, 0.15) is 23.3 Å². The lowest BCUT2D eigenvalue weighted by atomic mass is 9.84. The van der Waals surface area contributed by atoms with Crippen LogP contribution in [-0.4, -0.2) is 46.7 Å². The quantitative estimate of drug-likeness (QED) is 0.911. The number of carbonyl (C=O) groups is 1. The second-order valence-electron chi connectivity index (χ2n) is 5.86. The number of hydrogen-bond acceptors (Lipinski definition) is 4. The Bertz CT molecular complexity index is 628. The second kappa shape index (κ2) is 5.27. The molecular formula is C15H18N4OS. The van der Waals surface area contributed by atoms with Crippen molar-refractivity contribution in [3.05, 3.63) is 29.3 Å². The molecular weight excluding hydrogens is 284 g/mol. The average Bonchev–Trinajstić information content (AvgIpc) is 3.20. The zero-order valence-corrected chi connectivity index (χ0v) is 12.5. The maximum absolute atomic E-state index is 12.4. The number of piperidine rings is 3. The van der Waals surface area contributed by atoms with E-state index in [2.05, 4.69) is 20.4 Å². The van der Waals surface area contributed by atoms with E-state index in [1.807, 2.05) is 23.6 Å². The summed E-state index contributed by atoms with van der Waals surface area (Å²) < 4.78 is 0. The lowest BCUT2D eigenvalue weighted by molar-refractivity contribution is 0.0618. The Balaban J connectivity index is 1.46. The van der Waals surface area contributed by atoms with Gasteiger partial charge in [-0.2, -0.15) is 5.10 Å². The fourth-order valence-corrected chi connectivity index (χ4v) is 4.06. The molecule has 5 rings (SSSR count). The van der Waals surface area contributed by atoms with Crippen LogP contribution in [0.4, 0.5) is 0 Å². The Morgan fingerprint density at radius 2 is 2.29 bits per heavy atom. The van der Waals surface area contributed by atoms with E-state index in [4.69, 9.17) is 0 Å². The maximum Gasteiger partial charge on any atom is 0.272 e. The molecule has 0 saturated carbocycles. The van der Waals surface area contributed by atoms with E-state index >= 15 is 0 Å². The number of amides is 1. The van der Waals surface area contributed by atoms with Gasteiger partial charge in [0.05, 0.1) is 10.6 Å². The van der Waals surface area contributed by atoms with Gasteiger partial charge in [-0.1, -0.05) is 6.07 Å². The highest BCUT2D eigenvalue weighted by molar-refractivity contribution is 7.13. The largest absolute Gasteiger partial charge is 0.346 e. The summed E-state index contributed by atoms with van der Waals surface area (Å²) in [5.41, 5.74) is 1.39. The number of H-pyrrole nitrogens is 1. The third-order valence-corrected chi connectivity index (χ3v) is 5.47. The van der Waals surface area contributed by atoms with Gasteiger partial charge in [0.25, 0.3) is 5.91 Å². The third kappa shape index (κ3) is 2.49.